The van der Waals surface area contributed by atoms with Crippen LogP contribution in [0.5, 0.6) is 11.5 Å². The Morgan fingerprint density at radius 2 is 1.48 bits per heavy atom. The summed E-state index contributed by atoms with van der Waals surface area (Å²) in [5, 5.41) is 11.2. The molecule has 0 radical (unpaired) electrons. The maximum absolute atomic E-state index is 13.5. The fourth-order valence-corrected chi connectivity index (χ4v) is 6.28. The molecule has 1 fully saturated rings. The molecule has 3 atom stereocenters. The lowest BCUT2D eigenvalue weighted by Gasteiger charge is -2.30. The normalized spacial score (nSPS) is 15.5. The molecule has 4 N–H and O–H groups in total. The Kier molecular flexibility index (Phi) is 17.0. The lowest BCUT2D eigenvalue weighted by molar-refractivity contribution is -0.134. The summed E-state index contributed by atoms with van der Waals surface area (Å²) in [7, 11) is 3.29. The van der Waals surface area contributed by atoms with Crippen molar-refractivity contribution >= 4 is 29.9 Å². The minimum Gasteiger partial charge on any atom is -0.496 e. The van der Waals surface area contributed by atoms with Crippen LogP contribution in [0.25, 0.3) is 0 Å². The van der Waals surface area contributed by atoms with E-state index in [1.54, 1.807) is 48.8 Å². The fraction of sp³-hybridized carbons (Fsp3) is 0.711. The van der Waals surface area contributed by atoms with E-state index in [4.69, 9.17) is 18.9 Å². The van der Waals surface area contributed by atoms with Gasteiger partial charge in [0.2, 0.25) is 17.7 Å². The molecular weight excluding hydrogens is 670 g/mol. The molecule has 2 rings (SSSR count). The molecule has 1 saturated heterocycles. The predicted octanol–water partition coefficient (Wildman–Crippen LogP) is 4.62. The van der Waals surface area contributed by atoms with E-state index in [0.29, 0.717) is 38.6 Å². The van der Waals surface area contributed by atoms with Crippen LogP contribution in [0.4, 0.5) is 9.59 Å². The van der Waals surface area contributed by atoms with E-state index in [2.05, 4.69) is 21.3 Å². The Labute approximate surface area is 309 Å². The number of methoxy groups -OCH3 is 2. The Morgan fingerprint density at radius 3 is 2.06 bits per heavy atom. The predicted molar refractivity (Wildman–Crippen MR) is 199 cm³/mol. The van der Waals surface area contributed by atoms with Crippen LogP contribution in [0.15, 0.2) is 0 Å². The number of nitrogens with zero attached hydrogens (tertiary/aromatic N) is 1. The van der Waals surface area contributed by atoms with Crippen molar-refractivity contribution in [2.45, 2.75) is 138 Å². The Morgan fingerprint density at radius 1 is 0.846 bits per heavy atom. The molecule has 0 spiro atoms. The SMILES string of the molecule is COc1c(C)c(C)c(OC)c(CCCOC(=O)NCCCC(NC(=O)C(NC(=O)C2CCCN2C(=O)OC(C)(C)C)C(C)C)C(=O)NC(C)C)c1C. The number of carbonyl (C=O) groups is 5. The Bertz CT molecular complexity index is 1410. The largest absolute Gasteiger partial charge is 0.496 e. The molecule has 1 heterocycles. The zero-order chi connectivity index (χ0) is 39.3. The van der Waals surface area contributed by atoms with E-state index >= 15 is 0 Å². The Hall–Kier alpha value is -4.23. The monoisotopic (exact) mass is 733 g/mol. The molecule has 294 valence electrons. The number of likely N-dealkylation sites (tertiary alicyclic amines) is 1. The highest BCUT2D eigenvalue weighted by Gasteiger charge is 2.39. The molecule has 0 aliphatic carbocycles. The zero-order valence-electron chi connectivity index (χ0n) is 33.4. The van der Waals surface area contributed by atoms with Gasteiger partial charge in [-0.3, -0.25) is 19.3 Å². The molecule has 1 aliphatic rings. The number of hydrogen-bond donors (Lipinski definition) is 4. The summed E-state index contributed by atoms with van der Waals surface area (Å²) < 4.78 is 22.2. The van der Waals surface area contributed by atoms with E-state index in [-0.39, 0.29) is 37.4 Å². The van der Waals surface area contributed by atoms with E-state index in [9.17, 15) is 24.0 Å². The first-order valence-electron chi connectivity index (χ1n) is 18.3. The standard InChI is InChI=1S/C38H63N5O9/c1-22(2)30(42-34(45)29-18-14-20-43(29)37(48)52-38(8,9)10)35(46)41-28(33(44)40-23(3)4)17-13-19-39-36(47)51-21-15-16-27-26(7)31(49-11)24(5)25(6)32(27)50-12/h22-23,28-30H,13-21H2,1-12H3,(H,39,47)(H,40,44)(H,41,46)(H,42,45). The van der Waals surface area contributed by atoms with Gasteiger partial charge in [-0.25, -0.2) is 9.59 Å². The van der Waals surface area contributed by atoms with Gasteiger partial charge in [-0.1, -0.05) is 13.8 Å². The van der Waals surface area contributed by atoms with E-state index in [1.165, 1.54) is 4.90 Å². The molecule has 52 heavy (non-hydrogen) atoms. The molecule has 3 unspecified atom stereocenters. The molecule has 1 aliphatic heterocycles. The molecule has 14 nitrogen and oxygen atoms in total. The maximum atomic E-state index is 13.5. The zero-order valence-corrected chi connectivity index (χ0v) is 33.4. The number of alkyl carbamates (subject to hydrolysis) is 1. The van der Waals surface area contributed by atoms with Crippen LogP contribution >= 0.6 is 0 Å². The van der Waals surface area contributed by atoms with Gasteiger partial charge in [0.1, 0.15) is 35.2 Å². The Balaban J connectivity index is 1.95. The third kappa shape index (κ3) is 12.8. The van der Waals surface area contributed by atoms with Gasteiger partial charge in [-0.05, 0) is 117 Å². The number of amides is 5. The summed E-state index contributed by atoms with van der Waals surface area (Å²) in [5.74, 6) is -0.0263. The van der Waals surface area contributed by atoms with Gasteiger partial charge >= 0.3 is 12.2 Å². The van der Waals surface area contributed by atoms with Crippen LogP contribution in [0, 0.1) is 26.7 Å². The van der Waals surface area contributed by atoms with Gasteiger partial charge in [-0.15, -0.1) is 0 Å². The number of ether oxygens (including phenoxy) is 4. The van der Waals surface area contributed by atoms with Gasteiger partial charge in [-0.2, -0.15) is 0 Å². The molecule has 0 saturated carbocycles. The van der Waals surface area contributed by atoms with E-state index in [1.807, 2.05) is 34.6 Å². The smallest absolute Gasteiger partial charge is 0.410 e. The lowest BCUT2D eigenvalue weighted by Crippen LogP contribution is -2.58. The van der Waals surface area contributed by atoms with Crippen molar-refractivity contribution in [3.8, 4) is 11.5 Å². The van der Waals surface area contributed by atoms with E-state index in [0.717, 1.165) is 33.8 Å². The fourth-order valence-electron chi connectivity index (χ4n) is 6.28. The second kappa shape index (κ2) is 20.1. The second-order valence-electron chi connectivity index (χ2n) is 15.0. The summed E-state index contributed by atoms with van der Waals surface area (Å²) in [6, 6.07) is -2.80. The average molecular weight is 734 g/mol. The van der Waals surface area contributed by atoms with Gasteiger partial charge in [0.25, 0.3) is 0 Å². The number of carbonyl (C=O) groups excluding carboxylic acids is 5. The minimum atomic E-state index is -0.954. The molecule has 5 amide bonds. The van der Waals surface area contributed by atoms with Crippen LogP contribution in [-0.2, 0) is 30.3 Å². The maximum Gasteiger partial charge on any atom is 0.410 e. The van der Waals surface area contributed by atoms with Crippen molar-refractivity contribution in [2.75, 3.05) is 33.9 Å². The van der Waals surface area contributed by atoms with Crippen LogP contribution in [0.3, 0.4) is 0 Å². The first kappa shape index (κ1) is 43.9. The summed E-state index contributed by atoms with van der Waals surface area (Å²) in [5.41, 5.74) is 3.33. The molecule has 0 aromatic heterocycles. The first-order valence-corrected chi connectivity index (χ1v) is 18.3. The summed E-state index contributed by atoms with van der Waals surface area (Å²) in [4.78, 5) is 66.6. The van der Waals surface area contributed by atoms with Crippen LogP contribution in [-0.4, -0.2) is 98.5 Å². The number of hydrogen-bond acceptors (Lipinski definition) is 9. The third-order valence-electron chi connectivity index (χ3n) is 8.96. The lowest BCUT2D eigenvalue weighted by atomic mass is 9.94. The molecule has 1 aromatic rings. The van der Waals surface area contributed by atoms with Crippen molar-refractivity contribution in [1.82, 2.24) is 26.2 Å². The van der Waals surface area contributed by atoms with Crippen molar-refractivity contribution in [3.63, 3.8) is 0 Å². The minimum absolute atomic E-state index is 0.171. The number of nitrogens with one attached hydrogen (secondary N) is 4. The highest BCUT2D eigenvalue weighted by atomic mass is 16.6. The van der Waals surface area contributed by atoms with Crippen LogP contribution in [0.1, 0.15) is 103 Å². The van der Waals surface area contributed by atoms with Gasteiger partial charge in [0, 0.05) is 24.7 Å². The van der Waals surface area contributed by atoms with Crippen molar-refractivity contribution < 1.29 is 42.9 Å². The third-order valence-corrected chi connectivity index (χ3v) is 8.96. The average Bonchev–Trinajstić information content (AvgIpc) is 3.55. The highest BCUT2D eigenvalue weighted by molar-refractivity contribution is 5.94. The first-order chi connectivity index (χ1) is 24.3. The molecular formula is C38H63N5O9. The topological polar surface area (TPSA) is 174 Å². The van der Waals surface area contributed by atoms with Crippen LogP contribution in [0.2, 0.25) is 0 Å². The highest BCUT2D eigenvalue weighted by Crippen LogP contribution is 2.38. The summed E-state index contributed by atoms with van der Waals surface area (Å²) in [6.45, 7) is 19.3. The van der Waals surface area contributed by atoms with E-state index < -0.39 is 47.7 Å². The quantitative estimate of drug-likeness (QED) is 0.167. The second-order valence-corrected chi connectivity index (χ2v) is 15.0. The van der Waals surface area contributed by atoms with Gasteiger partial charge in [0.15, 0.2) is 0 Å². The van der Waals surface area contributed by atoms with Gasteiger partial charge in [0.05, 0.1) is 20.8 Å². The summed E-state index contributed by atoms with van der Waals surface area (Å²) >= 11 is 0. The molecule has 14 heteroatoms. The van der Waals surface area contributed by atoms with Crippen molar-refractivity contribution in [1.29, 1.82) is 0 Å². The molecule has 1 aromatic carbocycles. The van der Waals surface area contributed by atoms with Gasteiger partial charge < -0.3 is 40.2 Å². The van der Waals surface area contributed by atoms with Crippen molar-refractivity contribution in [3.05, 3.63) is 22.3 Å². The number of benzene rings is 1. The summed E-state index contributed by atoms with van der Waals surface area (Å²) in [6.07, 6.45) is 1.73. The van der Waals surface area contributed by atoms with Crippen molar-refractivity contribution in [2.24, 2.45) is 5.92 Å². The number of rotatable bonds is 17. The molecule has 0 bridgehead atoms. The van der Waals surface area contributed by atoms with Crippen LogP contribution < -0.4 is 30.7 Å².